The molecular formula is C18H21NO2. The summed E-state index contributed by atoms with van der Waals surface area (Å²) in [6.07, 6.45) is 0. The summed E-state index contributed by atoms with van der Waals surface area (Å²) in [6, 6.07) is 16.0. The van der Waals surface area contributed by atoms with Crippen LogP contribution in [0.3, 0.4) is 0 Å². The number of hydrogen-bond acceptors (Lipinski definition) is 3. The second kappa shape index (κ2) is 6.93. The van der Waals surface area contributed by atoms with Crippen molar-refractivity contribution in [2.75, 3.05) is 11.9 Å². The van der Waals surface area contributed by atoms with E-state index in [4.69, 9.17) is 4.74 Å². The first-order chi connectivity index (χ1) is 10.1. The Morgan fingerprint density at radius 1 is 1.19 bits per heavy atom. The normalized spacial score (nSPS) is 11.8. The van der Waals surface area contributed by atoms with Gasteiger partial charge in [0.05, 0.1) is 12.2 Å². The number of esters is 1. The molecule has 1 N–H and O–H groups in total. The van der Waals surface area contributed by atoms with Crippen molar-refractivity contribution in [3.8, 4) is 0 Å². The fourth-order valence-electron chi connectivity index (χ4n) is 2.22. The predicted octanol–water partition coefficient (Wildman–Crippen LogP) is 4.34. The highest BCUT2D eigenvalue weighted by Crippen LogP contribution is 2.21. The summed E-state index contributed by atoms with van der Waals surface area (Å²) in [4.78, 5) is 11.7. The Hall–Kier alpha value is -2.29. The molecule has 0 saturated heterocycles. The number of ether oxygens (including phenoxy) is 1. The van der Waals surface area contributed by atoms with E-state index in [9.17, 15) is 4.79 Å². The van der Waals surface area contributed by atoms with E-state index in [-0.39, 0.29) is 12.0 Å². The molecule has 3 heteroatoms. The van der Waals surface area contributed by atoms with Crippen molar-refractivity contribution < 1.29 is 9.53 Å². The monoisotopic (exact) mass is 283 g/mol. The van der Waals surface area contributed by atoms with E-state index in [1.165, 1.54) is 11.1 Å². The number of hydrogen-bond donors (Lipinski definition) is 1. The molecule has 2 aromatic carbocycles. The van der Waals surface area contributed by atoms with E-state index in [2.05, 4.69) is 43.4 Å². The van der Waals surface area contributed by atoms with Crippen molar-refractivity contribution >= 4 is 11.7 Å². The van der Waals surface area contributed by atoms with Gasteiger partial charge in [-0.1, -0.05) is 35.9 Å². The molecule has 0 fully saturated rings. The maximum Gasteiger partial charge on any atom is 0.338 e. The minimum atomic E-state index is -0.288. The van der Waals surface area contributed by atoms with Gasteiger partial charge in [-0.05, 0) is 44.5 Å². The van der Waals surface area contributed by atoms with Gasteiger partial charge in [-0.2, -0.15) is 0 Å². The third-order valence-corrected chi connectivity index (χ3v) is 3.30. The predicted molar refractivity (Wildman–Crippen MR) is 85.6 cm³/mol. The third kappa shape index (κ3) is 4.09. The number of carbonyl (C=O) groups is 1. The van der Waals surface area contributed by atoms with Crippen molar-refractivity contribution in [1.82, 2.24) is 0 Å². The van der Waals surface area contributed by atoms with Crippen LogP contribution in [-0.4, -0.2) is 12.6 Å². The molecule has 0 amide bonds. The Bertz CT molecular complexity index is 622. The molecule has 21 heavy (non-hydrogen) atoms. The van der Waals surface area contributed by atoms with Crippen LogP contribution >= 0.6 is 0 Å². The third-order valence-electron chi connectivity index (χ3n) is 3.30. The van der Waals surface area contributed by atoms with E-state index >= 15 is 0 Å². The van der Waals surface area contributed by atoms with Crippen LogP contribution in [0.4, 0.5) is 5.69 Å². The zero-order valence-corrected chi connectivity index (χ0v) is 12.7. The summed E-state index contributed by atoms with van der Waals surface area (Å²) in [6.45, 7) is 6.37. The lowest BCUT2D eigenvalue weighted by molar-refractivity contribution is 0.0526. The van der Waals surface area contributed by atoms with E-state index in [0.717, 1.165) is 5.69 Å². The molecule has 0 radical (unpaired) electrons. The van der Waals surface area contributed by atoms with E-state index < -0.39 is 0 Å². The van der Waals surface area contributed by atoms with Crippen molar-refractivity contribution in [3.05, 3.63) is 65.2 Å². The zero-order chi connectivity index (χ0) is 15.2. The van der Waals surface area contributed by atoms with Crippen LogP contribution in [0, 0.1) is 6.92 Å². The summed E-state index contributed by atoms with van der Waals surface area (Å²) in [5.41, 5.74) is 3.94. The first-order valence-corrected chi connectivity index (χ1v) is 7.20. The van der Waals surface area contributed by atoms with Crippen LogP contribution in [0.5, 0.6) is 0 Å². The number of aryl methyl sites for hydroxylation is 1. The summed E-state index contributed by atoms with van der Waals surface area (Å²) in [5.74, 6) is -0.288. The minimum Gasteiger partial charge on any atom is -0.462 e. The van der Waals surface area contributed by atoms with Gasteiger partial charge in [0.25, 0.3) is 0 Å². The lowest BCUT2D eigenvalue weighted by atomic mass is 10.1. The van der Waals surface area contributed by atoms with Gasteiger partial charge in [-0.15, -0.1) is 0 Å². The van der Waals surface area contributed by atoms with Gasteiger partial charge in [-0.25, -0.2) is 4.79 Å². The average molecular weight is 283 g/mol. The molecule has 0 bridgehead atoms. The Balaban J connectivity index is 2.12. The molecule has 0 aromatic heterocycles. The molecule has 2 aromatic rings. The first-order valence-electron chi connectivity index (χ1n) is 7.20. The van der Waals surface area contributed by atoms with E-state index in [1.54, 1.807) is 13.0 Å². The second-order valence-electron chi connectivity index (χ2n) is 5.08. The summed E-state index contributed by atoms with van der Waals surface area (Å²) < 4.78 is 5.02. The maximum absolute atomic E-state index is 11.7. The molecule has 2 rings (SSSR count). The van der Waals surface area contributed by atoms with Gasteiger partial charge in [0.15, 0.2) is 0 Å². The van der Waals surface area contributed by atoms with Gasteiger partial charge in [0.1, 0.15) is 0 Å². The van der Waals surface area contributed by atoms with Gasteiger partial charge in [0.2, 0.25) is 0 Å². The van der Waals surface area contributed by atoms with Crippen molar-refractivity contribution in [3.63, 3.8) is 0 Å². The SMILES string of the molecule is CCOC(=O)c1cccc(NC(C)c2cccc(C)c2)c1. The minimum absolute atomic E-state index is 0.169. The van der Waals surface area contributed by atoms with Gasteiger partial charge in [0, 0.05) is 11.7 Å². The molecule has 3 nitrogen and oxygen atoms in total. The Morgan fingerprint density at radius 2 is 1.95 bits per heavy atom. The topological polar surface area (TPSA) is 38.3 Å². The van der Waals surface area contributed by atoms with Crippen molar-refractivity contribution in [2.24, 2.45) is 0 Å². The lowest BCUT2D eigenvalue weighted by Gasteiger charge is -2.16. The fourth-order valence-corrected chi connectivity index (χ4v) is 2.22. The van der Waals surface area contributed by atoms with Crippen molar-refractivity contribution in [1.29, 1.82) is 0 Å². The van der Waals surface area contributed by atoms with Gasteiger partial charge < -0.3 is 10.1 Å². The molecule has 0 aliphatic heterocycles. The number of carbonyl (C=O) groups excluding carboxylic acids is 1. The molecule has 110 valence electrons. The molecular weight excluding hydrogens is 262 g/mol. The number of anilines is 1. The van der Waals surface area contributed by atoms with Crippen molar-refractivity contribution in [2.45, 2.75) is 26.8 Å². The van der Waals surface area contributed by atoms with Gasteiger partial charge >= 0.3 is 5.97 Å². The van der Waals surface area contributed by atoms with Gasteiger partial charge in [-0.3, -0.25) is 0 Å². The molecule has 1 unspecified atom stereocenters. The Kier molecular flexibility index (Phi) is 4.99. The summed E-state index contributed by atoms with van der Waals surface area (Å²) >= 11 is 0. The van der Waals surface area contributed by atoms with E-state index in [0.29, 0.717) is 12.2 Å². The van der Waals surface area contributed by atoms with Crippen LogP contribution in [0.2, 0.25) is 0 Å². The molecule has 0 spiro atoms. The molecule has 0 aliphatic rings. The molecule has 0 aliphatic carbocycles. The van der Waals surface area contributed by atoms with Crippen LogP contribution < -0.4 is 5.32 Å². The maximum atomic E-state index is 11.7. The highest BCUT2D eigenvalue weighted by atomic mass is 16.5. The Morgan fingerprint density at radius 3 is 2.67 bits per heavy atom. The van der Waals surface area contributed by atoms with Crippen LogP contribution in [0.15, 0.2) is 48.5 Å². The molecule has 0 heterocycles. The van der Waals surface area contributed by atoms with Crippen LogP contribution in [0.1, 0.15) is 41.4 Å². The molecule has 0 saturated carbocycles. The average Bonchev–Trinajstić information content (AvgIpc) is 2.48. The summed E-state index contributed by atoms with van der Waals surface area (Å²) in [5, 5.41) is 3.41. The largest absolute Gasteiger partial charge is 0.462 e. The summed E-state index contributed by atoms with van der Waals surface area (Å²) in [7, 11) is 0. The highest BCUT2D eigenvalue weighted by molar-refractivity contribution is 5.90. The quantitative estimate of drug-likeness (QED) is 0.829. The van der Waals surface area contributed by atoms with Crippen LogP contribution in [0.25, 0.3) is 0 Å². The highest BCUT2D eigenvalue weighted by Gasteiger charge is 2.09. The number of benzene rings is 2. The smallest absolute Gasteiger partial charge is 0.338 e. The van der Waals surface area contributed by atoms with E-state index in [1.807, 2.05) is 18.2 Å². The number of rotatable bonds is 5. The molecule has 1 atom stereocenters. The zero-order valence-electron chi connectivity index (χ0n) is 12.7. The van der Waals surface area contributed by atoms with Crippen LogP contribution in [-0.2, 0) is 4.74 Å². The standard InChI is InChI=1S/C18H21NO2/c1-4-21-18(20)16-9-6-10-17(12-16)19-14(3)15-8-5-7-13(2)11-15/h5-12,14,19H,4H2,1-3H3. The fraction of sp³-hybridized carbons (Fsp3) is 0.278. The second-order valence-corrected chi connectivity index (χ2v) is 5.08. The first kappa shape index (κ1) is 15.1. The lowest BCUT2D eigenvalue weighted by Crippen LogP contribution is -2.09. The Labute approximate surface area is 126 Å². The number of nitrogens with one attached hydrogen (secondary N) is 1.